The predicted octanol–water partition coefficient (Wildman–Crippen LogP) is 2.49. The summed E-state index contributed by atoms with van der Waals surface area (Å²) in [6, 6.07) is 0. The van der Waals surface area contributed by atoms with Gasteiger partial charge in [-0.3, -0.25) is 4.90 Å². The van der Waals surface area contributed by atoms with E-state index < -0.39 is 0 Å². The zero-order valence-electron chi connectivity index (χ0n) is 13.5. The normalized spacial score (nSPS) is 15.8. The standard InChI is InChI=1S/C18H26N2/c1-13-14(2)16(4)18(17(5)15(13)3)7-6-10-20-11-8-19-9-12-20/h19H,8-12H2,1-5H3. The lowest BCUT2D eigenvalue weighted by molar-refractivity contribution is 0.268. The van der Waals surface area contributed by atoms with Gasteiger partial charge in [-0.2, -0.15) is 0 Å². The van der Waals surface area contributed by atoms with E-state index in [0.29, 0.717) is 0 Å². The van der Waals surface area contributed by atoms with Crippen LogP contribution in [0.15, 0.2) is 0 Å². The van der Waals surface area contributed by atoms with Gasteiger partial charge in [0.05, 0.1) is 6.54 Å². The molecule has 1 aliphatic rings. The molecule has 1 heterocycles. The molecule has 2 heteroatoms. The van der Waals surface area contributed by atoms with Gasteiger partial charge in [-0.15, -0.1) is 0 Å². The molecular formula is C18H26N2. The molecule has 1 aliphatic heterocycles. The van der Waals surface area contributed by atoms with E-state index >= 15 is 0 Å². The van der Waals surface area contributed by atoms with Crippen LogP contribution in [0, 0.1) is 46.5 Å². The number of rotatable bonds is 1. The van der Waals surface area contributed by atoms with Crippen molar-refractivity contribution in [2.45, 2.75) is 34.6 Å². The van der Waals surface area contributed by atoms with Crippen LogP contribution in [0.1, 0.15) is 33.4 Å². The first kappa shape index (κ1) is 15.1. The average molecular weight is 270 g/mol. The van der Waals surface area contributed by atoms with Crippen LogP contribution in [0.2, 0.25) is 0 Å². The monoisotopic (exact) mass is 270 g/mol. The fourth-order valence-electron chi connectivity index (χ4n) is 2.80. The Balaban J connectivity index is 2.21. The minimum atomic E-state index is 0.881. The van der Waals surface area contributed by atoms with Gasteiger partial charge in [0.2, 0.25) is 0 Å². The third-order valence-electron chi connectivity index (χ3n) is 4.73. The highest BCUT2D eigenvalue weighted by Gasteiger charge is 2.11. The van der Waals surface area contributed by atoms with Crippen molar-refractivity contribution in [3.8, 4) is 11.8 Å². The van der Waals surface area contributed by atoms with E-state index in [-0.39, 0.29) is 0 Å². The molecule has 0 aromatic heterocycles. The van der Waals surface area contributed by atoms with E-state index in [9.17, 15) is 0 Å². The third kappa shape index (κ3) is 3.06. The molecule has 0 aliphatic carbocycles. The third-order valence-corrected chi connectivity index (χ3v) is 4.73. The van der Waals surface area contributed by atoms with Gasteiger partial charge in [0, 0.05) is 31.7 Å². The van der Waals surface area contributed by atoms with Crippen LogP contribution < -0.4 is 5.32 Å². The Morgan fingerprint density at radius 3 is 1.90 bits per heavy atom. The maximum atomic E-state index is 3.43. The fraction of sp³-hybridized carbons (Fsp3) is 0.556. The number of hydrogen-bond donors (Lipinski definition) is 1. The summed E-state index contributed by atoms with van der Waals surface area (Å²) in [5, 5.41) is 3.37. The SMILES string of the molecule is Cc1c(C)c(C)c(C#CCN2CCNCC2)c(C)c1C. The van der Waals surface area contributed by atoms with Crippen LogP contribution in [0.5, 0.6) is 0 Å². The first-order chi connectivity index (χ1) is 9.52. The number of piperazine rings is 1. The molecule has 1 aromatic carbocycles. The molecule has 108 valence electrons. The second-order valence-electron chi connectivity index (χ2n) is 5.83. The molecule has 0 radical (unpaired) electrons. The van der Waals surface area contributed by atoms with Gasteiger partial charge in [-0.05, 0) is 62.4 Å². The van der Waals surface area contributed by atoms with E-state index in [1.54, 1.807) is 0 Å². The highest BCUT2D eigenvalue weighted by Crippen LogP contribution is 2.25. The molecule has 1 N–H and O–H groups in total. The maximum absolute atomic E-state index is 3.43. The topological polar surface area (TPSA) is 15.3 Å². The number of nitrogens with zero attached hydrogens (tertiary/aromatic N) is 1. The van der Waals surface area contributed by atoms with Gasteiger partial charge >= 0.3 is 0 Å². The Labute approximate surface area is 123 Å². The maximum Gasteiger partial charge on any atom is 0.0606 e. The number of hydrogen-bond acceptors (Lipinski definition) is 2. The van der Waals surface area contributed by atoms with Gasteiger partial charge in [-0.1, -0.05) is 11.8 Å². The first-order valence-corrected chi connectivity index (χ1v) is 7.51. The first-order valence-electron chi connectivity index (χ1n) is 7.51. The Hall–Kier alpha value is -1.30. The molecule has 1 saturated heterocycles. The highest BCUT2D eigenvalue weighted by molar-refractivity contribution is 5.56. The summed E-state index contributed by atoms with van der Waals surface area (Å²) in [7, 11) is 0. The van der Waals surface area contributed by atoms with E-state index in [0.717, 1.165) is 32.7 Å². The van der Waals surface area contributed by atoms with Crippen molar-refractivity contribution < 1.29 is 0 Å². The largest absolute Gasteiger partial charge is 0.314 e. The lowest BCUT2D eigenvalue weighted by atomic mass is 9.90. The molecule has 2 rings (SSSR count). The molecule has 0 saturated carbocycles. The van der Waals surface area contributed by atoms with E-state index in [1.807, 2.05) is 0 Å². The zero-order chi connectivity index (χ0) is 14.7. The van der Waals surface area contributed by atoms with Crippen LogP contribution in [0.3, 0.4) is 0 Å². The Morgan fingerprint density at radius 1 is 0.850 bits per heavy atom. The van der Waals surface area contributed by atoms with Gasteiger partial charge in [0.25, 0.3) is 0 Å². The van der Waals surface area contributed by atoms with E-state index in [2.05, 4.69) is 56.7 Å². The molecule has 0 spiro atoms. The van der Waals surface area contributed by atoms with Crippen LogP contribution >= 0.6 is 0 Å². The van der Waals surface area contributed by atoms with Gasteiger partial charge in [0.15, 0.2) is 0 Å². The molecular weight excluding hydrogens is 244 g/mol. The quantitative estimate of drug-likeness (QED) is 0.789. The minimum Gasteiger partial charge on any atom is -0.314 e. The van der Waals surface area contributed by atoms with Crippen LogP contribution in [0.4, 0.5) is 0 Å². The number of benzene rings is 1. The summed E-state index contributed by atoms with van der Waals surface area (Å²) in [6.45, 7) is 16.3. The smallest absolute Gasteiger partial charge is 0.0606 e. The van der Waals surface area contributed by atoms with E-state index in [4.69, 9.17) is 0 Å². The van der Waals surface area contributed by atoms with Crippen molar-refractivity contribution in [1.29, 1.82) is 0 Å². The fourth-order valence-corrected chi connectivity index (χ4v) is 2.80. The predicted molar refractivity (Wildman–Crippen MR) is 86.3 cm³/mol. The van der Waals surface area contributed by atoms with Crippen LogP contribution in [-0.4, -0.2) is 37.6 Å². The zero-order valence-corrected chi connectivity index (χ0v) is 13.5. The molecule has 0 amide bonds. The van der Waals surface area contributed by atoms with Gasteiger partial charge in [-0.25, -0.2) is 0 Å². The van der Waals surface area contributed by atoms with E-state index in [1.165, 1.54) is 33.4 Å². The molecule has 0 atom stereocenters. The number of nitrogens with one attached hydrogen (secondary N) is 1. The Morgan fingerprint density at radius 2 is 1.35 bits per heavy atom. The summed E-state index contributed by atoms with van der Waals surface area (Å²) < 4.78 is 0. The lowest BCUT2D eigenvalue weighted by Crippen LogP contribution is -2.43. The molecule has 1 fully saturated rings. The molecule has 1 aromatic rings. The molecule has 20 heavy (non-hydrogen) atoms. The Kier molecular flexibility index (Phi) is 4.86. The summed E-state index contributed by atoms with van der Waals surface area (Å²) >= 11 is 0. The second-order valence-corrected chi connectivity index (χ2v) is 5.83. The van der Waals surface area contributed by atoms with Crippen molar-refractivity contribution in [2.24, 2.45) is 0 Å². The lowest BCUT2D eigenvalue weighted by Gasteiger charge is -2.24. The van der Waals surface area contributed by atoms with Gasteiger partial charge < -0.3 is 5.32 Å². The van der Waals surface area contributed by atoms with Crippen molar-refractivity contribution in [3.05, 3.63) is 33.4 Å². The van der Waals surface area contributed by atoms with Crippen molar-refractivity contribution in [3.63, 3.8) is 0 Å². The molecule has 2 nitrogen and oxygen atoms in total. The van der Waals surface area contributed by atoms with Crippen LogP contribution in [-0.2, 0) is 0 Å². The van der Waals surface area contributed by atoms with Crippen molar-refractivity contribution >= 4 is 0 Å². The van der Waals surface area contributed by atoms with Gasteiger partial charge in [0.1, 0.15) is 0 Å². The molecule has 0 bridgehead atoms. The molecule has 0 unspecified atom stereocenters. The van der Waals surface area contributed by atoms with Crippen molar-refractivity contribution in [1.82, 2.24) is 10.2 Å². The highest BCUT2D eigenvalue weighted by atomic mass is 15.2. The summed E-state index contributed by atoms with van der Waals surface area (Å²) in [6.07, 6.45) is 0. The van der Waals surface area contributed by atoms with Crippen LogP contribution in [0.25, 0.3) is 0 Å². The summed E-state index contributed by atoms with van der Waals surface area (Å²) in [4.78, 5) is 2.42. The summed E-state index contributed by atoms with van der Waals surface area (Å²) in [5.74, 6) is 6.80. The van der Waals surface area contributed by atoms with Crippen molar-refractivity contribution in [2.75, 3.05) is 32.7 Å². The average Bonchev–Trinajstić information content (AvgIpc) is 2.48. The minimum absolute atomic E-state index is 0.881. The summed E-state index contributed by atoms with van der Waals surface area (Å²) in [5.41, 5.74) is 8.12. The Bertz CT molecular complexity index is 526. The second kappa shape index (κ2) is 6.43.